The molecule has 1 saturated carbocycles. The highest BCUT2D eigenvalue weighted by Gasteiger charge is 2.33. The minimum Gasteiger partial charge on any atom is -0.445 e. The van der Waals surface area contributed by atoms with Crippen LogP contribution in [0.4, 0.5) is 4.79 Å². The first kappa shape index (κ1) is 15.8. The molecule has 4 nitrogen and oxygen atoms in total. The molecule has 1 amide bonds. The Kier molecular flexibility index (Phi) is 5.62. The Morgan fingerprint density at radius 1 is 1.38 bits per heavy atom. The monoisotopic (exact) mass is 291 g/mol. The highest BCUT2D eigenvalue weighted by atomic mass is 16.6. The van der Waals surface area contributed by atoms with E-state index in [2.05, 4.69) is 6.92 Å². The number of carbonyl (C=O) groups excluding carboxylic acids is 1. The van der Waals surface area contributed by atoms with Crippen LogP contribution in [0.2, 0.25) is 0 Å². The number of aliphatic hydroxyl groups excluding tert-OH is 1. The molecule has 1 fully saturated rings. The number of amides is 1. The summed E-state index contributed by atoms with van der Waals surface area (Å²) in [5.41, 5.74) is 0.974. The number of carbonyl (C=O) groups is 1. The molecule has 116 valence electrons. The number of hydrogen-bond acceptors (Lipinski definition) is 3. The molecule has 0 bridgehead atoms. The fraction of sp³-hybridized carbons (Fsp3) is 0.588. The van der Waals surface area contributed by atoms with Crippen molar-refractivity contribution in [2.24, 2.45) is 5.92 Å². The Morgan fingerprint density at radius 3 is 2.67 bits per heavy atom. The van der Waals surface area contributed by atoms with Gasteiger partial charge in [0.1, 0.15) is 6.61 Å². The molecule has 1 aliphatic carbocycles. The molecule has 1 aromatic carbocycles. The molecule has 0 aromatic heterocycles. The molecule has 0 radical (unpaired) electrons. The molecule has 0 saturated heterocycles. The van der Waals surface area contributed by atoms with E-state index in [9.17, 15) is 9.90 Å². The molecule has 0 spiro atoms. The quantitative estimate of drug-likeness (QED) is 0.906. The van der Waals surface area contributed by atoms with Gasteiger partial charge in [-0.1, -0.05) is 37.3 Å². The molecule has 3 unspecified atom stereocenters. The Balaban J connectivity index is 1.97. The van der Waals surface area contributed by atoms with Crippen LogP contribution in [0, 0.1) is 5.92 Å². The van der Waals surface area contributed by atoms with Gasteiger partial charge in [-0.3, -0.25) is 0 Å². The number of benzene rings is 1. The molecule has 3 atom stereocenters. The van der Waals surface area contributed by atoms with Crippen LogP contribution in [-0.4, -0.2) is 34.8 Å². The molecule has 1 N–H and O–H groups in total. The predicted octanol–water partition coefficient (Wildman–Crippen LogP) is 3.19. The van der Waals surface area contributed by atoms with Crippen molar-refractivity contribution in [3.05, 3.63) is 35.9 Å². The lowest BCUT2D eigenvalue weighted by molar-refractivity contribution is 0.0489. The zero-order valence-corrected chi connectivity index (χ0v) is 12.9. The van der Waals surface area contributed by atoms with Crippen molar-refractivity contribution in [3.63, 3.8) is 0 Å². The van der Waals surface area contributed by atoms with Crippen LogP contribution < -0.4 is 0 Å². The topological polar surface area (TPSA) is 49.8 Å². The second-order valence-electron chi connectivity index (χ2n) is 6.05. The van der Waals surface area contributed by atoms with Crippen LogP contribution in [0.3, 0.4) is 0 Å². The van der Waals surface area contributed by atoms with Gasteiger partial charge >= 0.3 is 6.09 Å². The first-order valence-electron chi connectivity index (χ1n) is 7.71. The van der Waals surface area contributed by atoms with Gasteiger partial charge in [-0.15, -0.1) is 0 Å². The van der Waals surface area contributed by atoms with E-state index in [1.807, 2.05) is 37.3 Å². The van der Waals surface area contributed by atoms with E-state index in [0.29, 0.717) is 5.92 Å². The van der Waals surface area contributed by atoms with E-state index in [1.165, 1.54) is 0 Å². The minimum absolute atomic E-state index is 0.0364. The summed E-state index contributed by atoms with van der Waals surface area (Å²) in [7, 11) is 0. The molecule has 0 heterocycles. The first-order chi connectivity index (χ1) is 10.1. The van der Waals surface area contributed by atoms with Gasteiger partial charge in [0, 0.05) is 6.04 Å². The maximum absolute atomic E-state index is 12.4. The van der Waals surface area contributed by atoms with Gasteiger partial charge < -0.3 is 14.7 Å². The average Bonchev–Trinajstić information content (AvgIpc) is 2.92. The number of rotatable bonds is 5. The molecule has 2 rings (SSSR count). The van der Waals surface area contributed by atoms with Crippen molar-refractivity contribution in [3.8, 4) is 0 Å². The summed E-state index contributed by atoms with van der Waals surface area (Å²) in [5.74, 6) is 0.630. The van der Waals surface area contributed by atoms with Crippen molar-refractivity contribution in [1.29, 1.82) is 0 Å². The van der Waals surface area contributed by atoms with E-state index >= 15 is 0 Å². The Hall–Kier alpha value is -1.55. The highest BCUT2D eigenvalue weighted by Crippen LogP contribution is 2.30. The van der Waals surface area contributed by atoms with E-state index in [-0.39, 0.29) is 31.4 Å². The number of hydrogen-bond donors (Lipinski definition) is 1. The largest absolute Gasteiger partial charge is 0.445 e. The van der Waals surface area contributed by atoms with Crippen LogP contribution in [0.15, 0.2) is 30.3 Å². The van der Waals surface area contributed by atoms with Gasteiger partial charge in [0.25, 0.3) is 0 Å². The van der Waals surface area contributed by atoms with Crippen LogP contribution >= 0.6 is 0 Å². The summed E-state index contributed by atoms with van der Waals surface area (Å²) in [6, 6.07) is 9.64. The molecular formula is C17H25NO3. The molecular weight excluding hydrogens is 266 g/mol. The minimum atomic E-state index is -0.320. The summed E-state index contributed by atoms with van der Waals surface area (Å²) in [5, 5.41) is 9.42. The van der Waals surface area contributed by atoms with E-state index in [4.69, 9.17) is 4.74 Å². The van der Waals surface area contributed by atoms with E-state index in [1.54, 1.807) is 4.90 Å². The standard InChI is InChI=1S/C17H25NO3/c1-13-8-9-16(10-13)18(14(2)11-19)17(20)21-12-15-6-4-3-5-7-15/h3-7,13-14,16,19H,8-12H2,1-2H3. The van der Waals surface area contributed by atoms with Crippen molar-refractivity contribution in [2.45, 2.75) is 51.8 Å². The third-order valence-electron chi connectivity index (χ3n) is 4.22. The van der Waals surface area contributed by atoms with Gasteiger partial charge in [-0.2, -0.15) is 0 Å². The number of aliphatic hydroxyl groups is 1. The fourth-order valence-electron chi connectivity index (χ4n) is 3.00. The lowest BCUT2D eigenvalue weighted by atomic mass is 10.1. The van der Waals surface area contributed by atoms with Crippen LogP contribution in [0.25, 0.3) is 0 Å². The SMILES string of the molecule is CC1CCC(N(C(=O)OCc2ccccc2)C(C)CO)C1. The summed E-state index contributed by atoms with van der Waals surface area (Å²) in [6.07, 6.45) is 2.79. The molecule has 1 aromatic rings. The zero-order chi connectivity index (χ0) is 15.2. The Labute approximate surface area is 126 Å². The number of ether oxygens (including phenoxy) is 1. The molecule has 21 heavy (non-hydrogen) atoms. The highest BCUT2D eigenvalue weighted by molar-refractivity contribution is 5.68. The van der Waals surface area contributed by atoms with Gasteiger partial charge in [-0.25, -0.2) is 4.79 Å². The maximum atomic E-state index is 12.4. The summed E-state index contributed by atoms with van der Waals surface area (Å²) in [4.78, 5) is 14.1. The average molecular weight is 291 g/mol. The van der Waals surface area contributed by atoms with Gasteiger partial charge in [-0.05, 0) is 37.7 Å². The van der Waals surface area contributed by atoms with E-state index < -0.39 is 0 Å². The van der Waals surface area contributed by atoms with Crippen molar-refractivity contribution in [2.75, 3.05) is 6.61 Å². The van der Waals surface area contributed by atoms with Crippen molar-refractivity contribution < 1.29 is 14.6 Å². The van der Waals surface area contributed by atoms with Crippen LogP contribution in [0.5, 0.6) is 0 Å². The van der Waals surface area contributed by atoms with Crippen molar-refractivity contribution in [1.82, 2.24) is 4.90 Å². The van der Waals surface area contributed by atoms with Crippen LogP contribution in [0.1, 0.15) is 38.7 Å². The lowest BCUT2D eigenvalue weighted by Crippen LogP contribution is -2.46. The first-order valence-corrected chi connectivity index (χ1v) is 7.71. The third-order valence-corrected chi connectivity index (χ3v) is 4.22. The summed E-state index contributed by atoms with van der Waals surface area (Å²) >= 11 is 0. The zero-order valence-electron chi connectivity index (χ0n) is 12.9. The molecule has 0 aliphatic heterocycles. The van der Waals surface area contributed by atoms with Gasteiger partial charge in [0.2, 0.25) is 0 Å². The van der Waals surface area contributed by atoms with Crippen molar-refractivity contribution >= 4 is 6.09 Å². The third kappa shape index (κ3) is 4.21. The smallest absolute Gasteiger partial charge is 0.410 e. The maximum Gasteiger partial charge on any atom is 0.410 e. The molecule has 4 heteroatoms. The normalized spacial score (nSPS) is 22.8. The number of nitrogens with zero attached hydrogens (tertiary/aromatic N) is 1. The summed E-state index contributed by atoms with van der Waals surface area (Å²) < 4.78 is 5.44. The Bertz CT molecular complexity index is 449. The van der Waals surface area contributed by atoms with Crippen LogP contribution in [-0.2, 0) is 11.3 Å². The van der Waals surface area contributed by atoms with E-state index in [0.717, 1.165) is 24.8 Å². The Morgan fingerprint density at radius 2 is 2.10 bits per heavy atom. The van der Waals surface area contributed by atoms with Gasteiger partial charge in [0.05, 0.1) is 12.6 Å². The second-order valence-corrected chi connectivity index (χ2v) is 6.05. The second kappa shape index (κ2) is 7.46. The lowest BCUT2D eigenvalue weighted by Gasteiger charge is -2.33. The fourth-order valence-corrected chi connectivity index (χ4v) is 3.00. The molecule has 1 aliphatic rings. The predicted molar refractivity (Wildman–Crippen MR) is 81.8 cm³/mol. The van der Waals surface area contributed by atoms with Gasteiger partial charge in [0.15, 0.2) is 0 Å². The summed E-state index contributed by atoms with van der Waals surface area (Å²) in [6.45, 7) is 4.31.